The van der Waals surface area contributed by atoms with Gasteiger partial charge < -0.3 is 36.3 Å². The number of aliphatic carboxylic acids is 1. The van der Waals surface area contributed by atoms with Crippen molar-refractivity contribution in [1.82, 2.24) is 31.2 Å². The number of carbonyl (C=O) groups is 6. The van der Waals surface area contributed by atoms with Crippen LogP contribution < -0.4 is 21.3 Å². The largest absolute Gasteiger partial charge is 0.481 e. The number of aromatic nitrogens is 1. The molecule has 0 bridgehead atoms. The van der Waals surface area contributed by atoms with E-state index in [4.69, 9.17) is 0 Å². The summed E-state index contributed by atoms with van der Waals surface area (Å²) in [6.07, 6.45) is 2.02. The minimum atomic E-state index is -1.50. The van der Waals surface area contributed by atoms with Gasteiger partial charge in [-0.1, -0.05) is 38.1 Å². The maximum atomic E-state index is 13.9. The summed E-state index contributed by atoms with van der Waals surface area (Å²) in [5, 5.41) is 23.2. The van der Waals surface area contributed by atoms with Crippen molar-refractivity contribution in [3.05, 3.63) is 58.4 Å². The molecule has 0 radical (unpaired) electrons. The van der Waals surface area contributed by atoms with Crippen molar-refractivity contribution in [1.29, 1.82) is 0 Å². The molecule has 5 amide bonds. The van der Waals surface area contributed by atoms with Crippen molar-refractivity contribution in [2.45, 2.75) is 76.2 Å². The van der Waals surface area contributed by atoms with Gasteiger partial charge in [-0.25, -0.2) is 0 Å². The van der Waals surface area contributed by atoms with Crippen molar-refractivity contribution in [2.75, 3.05) is 6.54 Å². The monoisotopic (exact) mass is 650 g/mol. The number of benzene rings is 1. The Morgan fingerprint density at radius 2 is 1.63 bits per heavy atom. The number of para-hydroxylation sites is 1. The topological polar surface area (TPSA) is 190 Å². The van der Waals surface area contributed by atoms with Gasteiger partial charge in [0.15, 0.2) is 0 Å². The summed E-state index contributed by atoms with van der Waals surface area (Å²) in [7, 11) is 0. The lowest BCUT2D eigenvalue weighted by Gasteiger charge is -2.29. The predicted octanol–water partition coefficient (Wildman–Crippen LogP) is 1.61. The first-order valence-electron chi connectivity index (χ1n) is 15.3. The Labute approximate surface area is 269 Å². The third-order valence-electron chi connectivity index (χ3n) is 8.28. The molecule has 2 saturated heterocycles. The van der Waals surface area contributed by atoms with Crippen LogP contribution in [0.15, 0.2) is 48.0 Å². The number of amides is 5. The number of nitrogens with zero attached hydrogens (tertiary/aromatic N) is 1. The molecule has 0 saturated carbocycles. The van der Waals surface area contributed by atoms with Gasteiger partial charge in [0.2, 0.25) is 29.5 Å². The molecule has 2 aliphatic rings. The summed E-state index contributed by atoms with van der Waals surface area (Å²) in [4.78, 5) is 85.8. The molecule has 14 heteroatoms. The number of H-pyrrole nitrogens is 1. The highest BCUT2D eigenvalue weighted by Crippen LogP contribution is 2.25. The maximum Gasteiger partial charge on any atom is 0.305 e. The maximum absolute atomic E-state index is 13.9. The van der Waals surface area contributed by atoms with Crippen LogP contribution in [0.1, 0.15) is 56.0 Å². The van der Waals surface area contributed by atoms with Crippen LogP contribution in [0.2, 0.25) is 0 Å². The van der Waals surface area contributed by atoms with E-state index < -0.39 is 72.1 Å². The van der Waals surface area contributed by atoms with Gasteiger partial charge >= 0.3 is 5.97 Å². The molecule has 2 fully saturated rings. The summed E-state index contributed by atoms with van der Waals surface area (Å²) >= 11 is 1.26. The van der Waals surface area contributed by atoms with Gasteiger partial charge in [-0.15, -0.1) is 11.3 Å². The molecule has 5 unspecified atom stereocenters. The van der Waals surface area contributed by atoms with Gasteiger partial charge in [0.05, 0.1) is 6.42 Å². The molecule has 0 spiro atoms. The van der Waals surface area contributed by atoms with Crippen LogP contribution in [0.5, 0.6) is 0 Å². The van der Waals surface area contributed by atoms with Crippen molar-refractivity contribution < 1.29 is 33.9 Å². The second-order valence-electron chi connectivity index (χ2n) is 12.1. The second-order valence-corrected chi connectivity index (χ2v) is 13.1. The Morgan fingerprint density at radius 1 is 0.913 bits per heavy atom. The lowest BCUT2D eigenvalue weighted by molar-refractivity contribution is -0.146. The standard InChI is InChI=1S/C32H38N6O7S/c1-17(2)13-21-28(41)34-22(14-18-16-33-20-8-4-3-7-19(18)20)29(42)36-23(15-26(39)40)32(45)38-11-5-9-24(38)30(43)37-27(31(44)35-21)25-10-6-12-46-25/h3-4,6-8,10,12,16-17,21-24,27,33H,5,9,11,13-15H2,1-2H3,(H,34,41)(H,35,44)(H,36,42)(H,37,43)(H,39,40). The van der Waals surface area contributed by atoms with Crippen LogP contribution in [-0.2, 0) is 35.2 Å². The molecule has 5 rings (SSSR count). The zero-order chi connectivity index (χ0) is 33.0. The molecule has 1 aromatic carbocycles. The number of carboxylic acids is 1. The number of fused-ring (bicyclic) bond motifs is 2. The van der Waals surface area contributed by atoms with Crippen molar-refractivity contribution in [3.63, 3.8) is 0 Å². The first-order chi connectivity index (χ1) is 22.0. The predicted molar refractivity (Wildman–Crippen MR) is 169 cm³/mol. The Balaban J connectivity index is 1.55. The van der Waals surface area contributed by atoms with Gasteiger partial charge in [-0.3, -0.25) is 28.8 Å². The highest BCUT2D eigenvalue weighted by molar-refractivity contribution is 7.10. The third-order valence-corrected chi connectivity index (χ3v) is 9.22. The number of carboxylic acid groups (broad SMARTS) is 1. The van der Waals surface area contributed by atoms with Crippen LogP contribution in [0.25, 0.3) is 10.9 Å². The Morgan fingerprint density at radius 3 is 2.35 bits per heavy atom. The normalized spacial score (nSPS) is 24.9. The molecule has 244 valence electrons. The Kier molecular flexibility index (Phi) is 10.0. The van der Waals surface area contributed by atoms with Crippen LogP contribution in [0.3, 0.4) is 0 Å². The van der Waals surface area contributed by atoms with Crippen molar-refractivity contribution >= 4 is 57.7 Å². The van der Waals surface area contributed by atoms with Gasteiger partial charge in [0, 0.05) is 34.9 Å². The van der Waals surface area contributed by atoms with E-state index in [2.05, 4.69) is 26.3 Å². The second kappa shape index (κ2) is 14.1. The van der Waals surface area contributed by atoms with E-state index in [1.165, 1.54) is 16.2 Å². The third kappa shape index (κ3) is 7.39. The van der Waals surface area contributed by atoms with E-state index in [-0.39, 0.29) is 25.3 Å². The molecule has 3 aromatic rings. The molecule has 2 aromatic heterocycles. The average Bonchev–Trinajstić information content (AvgIpc) is 3.79. The summed E-state index contributed by atoms with van der Waals surface area (Å²) in [5.74, 6) is -4.66. The van der Waals surface area contributed by atoms with Gasteiger partial charge in [0.1, 0.15) is 30.2 Å². The minimum absolute atomic E-state index is 0.0160. The minimum Gasteiger partial charge on any atom is -0.481 e. The Hall–Kier alpha value is -4.72. The van der Waals surface area contributed by atoms with Crippen LogP contribution in [0, 0.1) is 5.92 Å². The molecule has 0 aliphatic carbocycles. The lowest BCUT2D eigenvalue weighted by atomic mass is 10.00. The SMILES string of the molecule is CC(C)CC1NC(=O)C(c2cccs2)NC(=O)C2CCCN2C(=O)C(CC(=O)O)NC(=O)C(Cc2c[nH]c3ccccc23)NC1=O. The summed E-state index contributed by atoms with van der Waals surface area (Å²) < 4.78 is 0. The van der Waals surface area contributed by atoms with Gasteiger partial charge in [-0.2, -0.15) is 0 Å². The number of carbonyl (C=O) groups excluding carboxylic acids is 5. The molecule has 13 nitrogen and oxygen atoms in total. The summed E-state index contributed by atoms with van der Waals surface area (Å²) in [6.45, 7) is 3.95. The highest BCUT2D eigenvalue weighted by Gasteiger charge is 2.41. The van der Waals surface area contributed by atoms with Crippen molar-refractivity contribution in [3.8, 4) is 0 Å². The summed E-state index contributed by atoms with van der Waals surface area (Å²) in [6, 6.07) is 4.97. The molecular weight excluding hydrogens is 612 g/mol. The number of hydrogen-bond acceptors (Lipinski definition) is 7. The number of nitrogens with one attached hydrogen (secondary N) is 5. The number of rotatable bonds is 7. The number of thiophene rings is 1. The zero-order valence-electron chi connectivity index (χ0n) is 25.6. The van der Waals surface area contributed by atoms with Gasteiger partial charge in [-0.05, 0) is 48.3 Å². The first kappa shape index (κ1) is 32.7. The van der Waals surface area contributed by atoms with Crippen LogP contribution >= 0.6 is 11.3 Å². The van der Waals surface area contributed by atoms with Crippen LogP contribution in [-0.4, -0.2) is 81.2 Å². The lowest BCUT2D eigenvalue weighted by Crippen LogP contribution is -2.58. The molecule has 2 aliphatic heterocycles. The van der Waals surface area contributed by atoms with E-state index in [1.54, 1.807) is 23.7 Å². The van der Waals surface area contributed by atoms with E-state index in [9.17, 15) is 33.9 Å². The van der Waals surface area contributed by atoms with E-state index in [1.807, 2.05) is 38.1 Å². The highest BCUT2D eigenvalue weighted by atomic mass is 32.1. The van der Waals surface area contributed by atoms with Gasteiger partial charge in [0.25, 0.3) is 0 Å². The Bertz CT molecular complexity index is 1620. The fourth-order valence-corrected chi connectivity index (χ4v) is 6.84. The van der Waals surface area contributed by atoms with Crippen LogP contribution in [0.4, 0.5) is 0 Å². The van der Waals surface area contributed by atoms with E-state index >= 15 is 0 Å². The molecule has 4 heterocycles. The fourth-order valence-electron chi connectivity index (χ4n) is 6.07. The molecular formula is C32H38N6O7S. The van der Waals surface area contributed by atoms with E-state index in [0.29, 0.717) is 23.3 Å². The summed E-state index contributed by atoms with van der Waals surface area (Å²) in [5.41, 5.74) is 1.54. The fraction of sp³-hybridized carbons (Fsp3) is 0.438. The number of aromatic amines is 1. The molecule has 46 heavy (non-hydrogen) atoms. The first-order valence-corrected chi connectivity index (χ1v) is 16.2. The van der Waals surface area contributed by atoms with Crippen molar-refractivity contribution in [2.24, 2.45) is 5.92 Å². The zero-order valence-corrected chi connectivity index (χ0v) is 26.4. The number of hydrogen-bond donors (Lipinski definition) is 6. The molecule has 5 atom stereocenters. The average molecular weight is 651 g/mol. The molecule has 6 N–H and O–H groups in total. The smallest absolute Gasteiger partial charge is 0.305 e. The quantitative estimate of drug-likeness (QED) is 0.224. The van der Waals surface area contributed by atoms with E-state index in [0.717, 1.165) is 10.9 Å².